The van der Waals surface area contributed by atoms with Gasteiger partial charge in [0.2, 0.25) is 0 Å². The van der Waals surface area contributed by atoms with E-state index in [1.807, 2.05) is 11.3 Å². The van der Waals surface area contributed by atoms with Crippen molar-refractivity contribution in [3.05, 3.63) is 253 Å². The van der Waals surface area contributed by atoms with Gasteiger partial charge in [-0.05, 0) is 118 Å². The van der Waals surface area contributed by atoms with Crippen LogP contribution in [0.25, 0.3) is 31.3 Å². The first-order chi connectivity index (χ1) is 28.8. The van der Waals surface area contributed by atoms with Gasteiger partial charge in [0.25, 0.3) is 0 Å². The van der Waals surface area contributed by atoms with Crippen LogP contribution in [0.5, 0.6) is 0 Å². The van der Waals surface area contributed by atoms with Crippen LogP contribution < -0.4 is 9.80 Å². The second kappa shape index (κ2) is 14.1. The molecule has 0 saturated heterocycles. The van der Waals surface area contributed by atoms with E-state index in [1.165, 1.54) is 53.6 Å². The Kier molecular flexibility index (Phi) is 8.27. The molecule has 0 fully saturated rings. The number of thiophene rings is 1. The molecule has 0 bridgehead atoms. The molecule has 3 heteroatoms. The Morgan fingerprint density at radius 3 is 1.17 bits per heavy atom. The molecule has 0 radical (unpaired) electrons. The molecule has 0 aliphatic heterocycles. The summed E-state index contributed by atoms with van der Waals surface area (Å²) in [6.07, 6.45) is 0. The number of nitrogens with zero attached hydrogens (tertiary/aromatic N) is 2. The lowest BCUT2D eigenvalue weighted by Crippen LogP contribution is -2.28. The molecule has 1 aliphatic rings. The maximum Gasteiger partial charge on any atom is 0.0714 e. The lowest BCUT2D eigenvalue weighted by molar-refractivity contribution is 0.769. The van der Waals surface area contributed by atoms with Gasteiger partial charge in [0.1, 0.15) is 0 Å². The lowest BCUT2D eigenvalue weighted by Gasteiger charge is -2.35. The zero-order valence-corrected chi connectivity index (χ0v) is 32.6. The zero-order valence-electron chi connectivity index (χ0n) is 31.7. The summed E-state index contributed by atoms with van der Waals surface area (Å²) in [6.45, 7) is 0. The first kappa shape index (κ1) is 34.1. The van der Waals surface area contributed by atoms with Crippen molar-refractivity contribution in [2.75, 3.05) is 9.80 Å². The largest absolute Gasteiger partial charge is 0.310 e. The van der Waals surface area contributed by atoms with E-state index in [4.69, 9.17) is 0 Å². The van der Waals surface area contributed by atoms with E-state index < -0.39 is 5.41 Å². The first-order valence-electron chi connectivity index (χ1n) is 19.8. The molecule has 0 atom stereocenters. The fourth-order valence-corrected chi connectivity index (χ4v) is 10.4. The number of hydrogen-bond donors (Lipinski definition) is 0. The van der Waals surface area contributed by atoms with E-state index in [2.05, 4.69) is 240 Å². The van der Waals surface area contributed by atoms with Crippen molar-refractivity contribution in [3.63, 3.8) is 0 Å². The Morgan fingerprint density at radius 2 is 0.690 bits per heavy atom. The Balaban J connectivity index is 1.16. The van der Waals surface area contributed by atoms with Gasteiger partial charge in [0.05, 0.1) is 5.41 Å². The molecule has 1 heterocycles. The van der Waals surface area contributed by atoms with Crippen LogP contribution in [-0.2, 0) is 5.41 Å². The van der Waals surface area contributed by atoms with Gasteiger partial charge in [-0.2, -0.15) is 0 Å². The van der Waals surface area contributed by atoms with Gasteiger partial charge in [-0.25, -0.2) is 0 Å². The SMILES string of the molecule is c1ccc(N(c2ccccc2)c2ccc3c(c2)C(c2ccccc2)(c2ccccc2)c2cc4c(cc2-3)sc2cc(N(c3ccccc3)c3ccccc3)ccc24)cc1. The highest BCUT2D eigenvalue weighted by atomic mass is 32.1. The maximum absolute atomic E-state index is 2.52. The molecule has 0 saturated carbocycles. The summed E-state index contributed by atoms with van der Waals surface area (Å²) >= 11 is 1.88. The van der Waals surface area contributed by atoms with Crippen molar-refractivity contribution in [3.8, 4) is 11.1 Å². The van der Waals surface area contributed by atoms with Crippen LogP contribution in [-0.4, -0.2) is 0 Å². The fourth-order valence-electron chi connectivity index (χ4n) is 9.21. The van der Waals surface area contributed by atoms with Crippen LogP contribution in [0.1, 0.15) is 22.3 Å². The van der Waals surface area contributed by atoms with E-state index in [0.717, 1.165) is 34.1 Å². The Hall–Kier alpha value is -7.20. The predicted octanol–water partition coefficient (Wildman–Crippen LogP) is 15.4. The summed E-state index contributed by atoms with van der Waals surface area (Å²) in [7, 11) is 0. The van der Waals surface area contributed by atoms with Crippen LogP contribution in [0.15, 0.2) is 231 Å². The van der Waals surface area contributed by atoms with E-state index >= 15 is 0 Å². The first-order valence-corrected chi connectivity index (χ1v) is 20.7. The van der Waals surface area contributed by atoms with Crippen LogP contribution in [0, 0.1) is 0 Å². The Bertz CT molecular complexity index is 2920. The third kappa shape index (κ3) is 5.47. The second-order valence-electron chi connectivity index (χ2n) is 14.9. The minimum Gasteiger partial charge on any atom is -0.310 e. The summed E-state index contributed by atoms with van der Waals surface area (Å²) in [5.74, 6) is 0. The topological polar surface area (TPSA) is 6.48 Å². The minimum absolute atomic E-state index is 0.554. The highest BCUT2D eigenvalue weighted by molar-refractivity contribution is 7.25. The molecule has 2 nitrogen and oxygen atoms in total. The Labute approximate surface area is 343 Å². The average molecular weight is 759 g/mol. The van der Waals surface area contributed by atoms with Gasteiger partial charge in [0.15, 0.2) is 0 Å². The monoisotopic (exact) mass is 758 g/mol. The standard InChI is InChI=1S/C55H38N2S/c1-7-19-39(20-8-1)55(40-21-9-2-10-22-40)51-35-45(56(41-23-11-3-12-24-41)42-25-13-4-14-26-42)31-33-47(51)49-38-54-50(37-52(49)55)48-34-32-46(36-53(48)58-54)57(43-27-15-5-16-28-43)44-29-17-6-18-30-44/h1-38H. The molecular weight excluding hydrogens is 721 g/mol. The molecule has 1 aromatic heterocycles. The molecule has 1 aliphatic carbocycles. The highest BCUT2D eigenvalue weighted by Crippen LogP contribution is 2.59. The maximum atomic E-state index is 2.52. The number of anilines is 6. The second-order valence-corrected chi connectivity index (χ2v) is 16.0. The molecule has 9 aromatic carbocycles. The van der Waals surface area contributed by atoms with Crippen molar-refractivity contribution in [2.24, 2.45) is 0 Å². The number of benzene rings is 9. The zero-order chi connectivity index (χ0) is 38.5. The van der Waals surface area contributed by atoms with Gasteiger partial charge in [-0.15, -0.1) is 11.3 Å². The van der Waals surface area contributed by atoms with E-state index in [9.17, 15) is 0 Å². The van der Waals surface area contributed by atoms with Crippen LogP contribution >= 0.6 is 11.3 Å². The lowest BCUT2D eigenvalue weighted by atomic mass is 9.67. The third-order valence-electron chi connectivity index (χ3n) is 11.7. The number of rotatable bonds is 8. The molecule has 10 aromatic rings. The average Bonchev–Trinajstić information content (AvgIpc) is 3.80. The van der Waals surface area contributed by atoms with E-state index in [-0.39, 0.29) is 0 Å². The van der Waals surface area contributed by atoms with Crippen molar-refractivity contribution < 1.29 is 0 Å². The smallest absolute Gasteiger partial charge is 0.0714 e. The quantitative estimate of drug-likeness (QED) is 0.152. The van der Waals surface area contributed by atoms with Crippen molar-refractivity contribution in [2.45, 2.75) is 5.41 Å². The predicted molar refractivity (Wildman–Crippen MR) is 246 cm³/mol. The third-order valence-corrected chi connectivity index (χ3v) is 12.8. The molecule has 0 amide bonds. The van der Waals surface area contributed by atoms with Crippen molar-refractivity contribution >= 4 is 65.6 Å². The van der Waals surface area contributed by atoms with Gasteiger partial charge in [0, 0.05) is 54.3 Å². The Morgan fingerprint density at radius 1 is 0.293 bits per heavy atom. The van der Waals surface area contributed by atoms with Gasteiger partial charge in [-0.3, -0.25) is 0 Å². The number of para-hydroxylation sites is 4. The number of hydrogen-bond acceptors (Lipinski definition) is 3. The molecule has 0 spiro atoms. The van der Waals surface area contributed by atoms with E-state index in [1.54, 1.807) is 0 Å². The normalized spacial score (nSPS) is 12.6. The summed E-state index contributed by atoms with van der Waals surface area (Å²) in [5.41, 5.74) is 13.9. The fraction of sp³-hybridized carbons (Fsp3) is 0.0182. The van der Waals surface area contributed by atoms with Crippen molar-refractivity contribution in [1.82, 2.24) is 0 Å². The van der Waals surface area contributed by atoms with Crippen LogP contribution in [0.2, 0.25) is 0 Å². The van der Waals surface area contributed by atoms with Gasteiger partial charge in [-0.1, -0.05) is 146 Å². The minimum atomic E-state index is -0.554. The summed E-state index contributed by atoms with van der Waals surface area (Å²) in [5, 5.41) is 2.56. The molecule has 0 unspecified atom stereocenters. The summed E-state index contributed by atoms with van der Waals surface area (Å²) in [6, 6.07) is 84.1. The van der Waals surface area contributed by atoms with Gasteiger partial charge < -0.3 is 9.80 Å². The van der Waals surface area contributed by atoms with Crippen molar-refractivity contribution in [1.29, 1.82) is 0 Å². The molecule has 274 valence electrons. The molecule has 11 rings (SSSR count). The summed E-state index contributed by atoms with van der Waals surface area (Å²) < 4.78 is 2.56. The van der Waals surface area contributed by atoms with Crippen LogP contribution in [0.3, 0.4) is 0 Å². The van der Waals surface area contributed by atoms with Crippen LogP contribution in [0.4, 0.5) is 34.1 Å². The molecular formula is C55H38N2S. The highest BCUT2D eigenvalue weighted by Gasteiger charge is 2.47. The number of fused-ring (bicyclic) bond motifs is 6. The molecule has 58 heavy (non-hydrogen) atoms. The van der Waals surface area contributed by atoms with Gasteiger partial charge >= 0.3 is 0 Å². The van der Waals surface area contributed by atoms with E-state index in [0.29, 0.717) is 0 Å². The molecule has 0 N–H and O–H groups in total. The summed E-state index contributed by atoms with van der Waals surface area (Å²) in [4.78, 5) is 4.73.